The van der Waals surface area contributed by atoms with Gasteiger partial charge in [0.05, 0.1) is 5.69 Å². The van der Waals surface area contributed by atoms with Crippen molar-refractivity contribution in [1.82, 2.24) is 4.98 Å². The van der Waals surface area contributed by atoms with E-state index in [1.54, 1.807) is 0 Å². The number of nitrogens with zero attached hydrogens (tertiary/aromatic N) is 1. The maximum Gasteiger partial charge on any atom is 0.573 e. The Morgan fingerprint density at radius 2 is 2.18 bits per heavy atom. The Bertz CT molecular complexity index is 446. The average Bonchev–Trinajstić information content (AvgIpc) is 2.18. The predicted molar refractivity (Wildman–Crippen MR) is 50.5 cm³/mol. The quantitative estimate of drug-likeness (QED) is 0.847. The fourth-order valence-electron chi connectivity index (χ4n) is 1.19. The molecule has 0 bridgehead atoms. The molecular formula is C9H9F3N2O3. The summed E-state index contributed by atoms with van der Waals surface area (Å²) < 4.78 is 39.8. The van der Waals surface area contributed by atoms with E-state index in [0.29, 0.717) is 0 Å². The number of aryl methyl sites for hydroxylation is 1. The van der Waals surface area contributed by atoms with Crippen LogP contribution in [0.3, 0.4) is 0 Å². The summed E-state index contributed by atoms with van der Waals surface area (Å²) in [5.41, 5.74) is 4.66. The number of ether oxygens (including phenoxy) is 1. The van der Waals surface area contributed by atoms with Crippen molar-refractivity contribution in [2.45, 2.75) is 19.8 Å². The van der Waals surface area contributed by atoms with E-state index >= 15 is 0 Å². The molecule has 94 valence electrons. The number of halogens is 3. The fraction of sp³-hybridized carbons (Fsp3) is 0.333. The SMILES string of the molecule is Cc1nc(C(=O)O)c(CN)cc1OC(F)(F)F. The number of alkyl halides is 3. The largest absolute Gasteiger partial charge is 0.573 e. The Kier molecular flexibility index (Phi) is 3.56. The van der Waals surface area contributed by atoms with Crippen molar-refractivity contribution < 1.29 is 27.8 Å². The highest BCUT2D eigenvalue weighted by Crippen LogP contribution is 2.27. The average molecular weight is 250 g/mol. The molecule has 1 rings (SSSR count). The first-order valence-corrected chi connectivity index (χ1v) is 4.44. The maximum atomic E-state index is 12.0. The number of carbonyl (C=O) groups is 1. The lowest BCUT2D eigenvalue weighted by Gasteiger charge is -2.13. The number of aromatic carboxylic acids is 1. The van der Waals surface area contributed by atoms with Gasteiger partial charge in [0.25, 0.3) is 0 Å². The summed E-state index contributed by atoms with van der Waals surface area (Å²) in [5, 5.41) is 8.76. The Morgan fingerprint density at radius 1 is 1.59 bits per heavy atom. The molecule has 0 atom stereocenters. The number of hydrogen-bond acceptors (Lipinski definition) is 4. The zero-order chi connectivity index (χ0) is 13.2. The highest BCUT2D eigenvalue weighted by molar-refractivity contribution is 5.87. The molecule has 17 heavy (non-hydrogen) atoms. The Morgan fingerprint density at radius 3 is 2.59 bits per heavy atom. The summed E-state index contributed by atoms with van der Waals surface area (Å²) >= 11 is 0. The van der Waals surface area contributed by atoms with E-state index in [-0.39, 0.29) is 23.5 Å². The first-order valence-electron chi connectivity index (χ1n) is 4.44. The first-order chi connectivity index (χ1) is 7.74. The second-order valence-corrected chi connectivity index (χ2v) is 3.14. The van der Waals surface area contributed by atoms with Crippen LogP contribution < -0.4 is 10.5 Å². The monoisotopic (exact) mass is 250 g/mol. The van der Waals surface area contributed by atoms with Gasteiger partial charge in [-0.15, -0.1) is 13.2 Å². The molecule has 1 aromatic heterocycles. The van der Waals surface area contributed by atoms with Crippen LogP contribution in [0, 0.1) is 6.92 Å². The maximum absolute atomic E-state index is 12.0. The summed E-state index contributed by atoms with van der Waals surface area (Å²) in [4.78, 5) is 14.3. The second kappa shape index (κ2) is 4.58. The van der Waals surface area contributed by atoms with Crippen LogP contribution in [0.25, 0.3) is 0 Å². The fourth-order valence-corrected chi connectivity index (χ4v) is 1.19. The molecule has 0 aliphatic carbocycles. The summed E-state index contributed by atoms with van der Waals surface area (Å²) in [6.45, 7) is 0.969. The molecule has 5 nitrogen and oxygen atoms in total. The van der Waals surface area contributed by atoms with E-state index < -0.39 is 18.1 Å². The predicted octanol–water partition coefficient (Wildman–Crippen LogP) is 1.45. The highest BCUT2D eigenvalue weighted by Gasteiger charge is 2.32. The van der Waals surface area contributed by atoms with Crippen LogP contribution >= 0.6 is 0 Å². The number of carboxylic acid groups (broad SMARTS) is 1. The van der Waals surface area contributed by atoms with Gasteiger partial charge < -0.3 is 15.6 Å². The van der Waals surface area contributed by atoms with Gasteiger partial charge in [0.1, 0.15) is 0 Å². The molecule has 0 saturated heterocycles. The molecule has 3 N–H and O–H groups in total. The number of rotatable bonds is 3. The molecule has 1 heterocycles. The number of aromatic nitrogens is 1. The zero-order valence-electron chi connectivity index (χ0n) is 8.71. The van der Waals surface area contributed by atoms with Crippen molar-refractivity contribution in [2.24, 2.45) is 5.73 Å². The smallest absolute Gasteiger partial charge is 0.477 e. The number of hydrogen-bond donors (Lipinski definition) is 2. The van der Waals surface area contributed by atoms with E-state index in [0.717, 1.165) is 6.07 Å². The molecule has 0 unspecified atom stereocenters. The van der Waals surface area contributed by atoms with Crippen molar-refractivity contribution in [2.75, 3.05) is 0 Å². The minimum atomic E-state index is -4.86. The zero-order valence-corrected chi connectivity index (χ0v) is 8.71. The third-order valence-corrected chi connectivity index (χ3v) is 1.89. The van der Waals surface area contributed by atoms with Crippen molar-refractivity contribution in [3.8, 4) is 5.75 Å². The third-order valence-electron chi connectivity index (χ3n) is 1.89. The van der Waals surface area contributed by atoms with Crippen LogP contribution in [0.15, 0.2) is 6.07 Å². The van der Waals surface area contributed by atoms with Gasteiger partial charge in [-0.25, -0.2) is 9.78 Å². The molecule has 8 heteroatoms. The molecule has 0 radical (unpaired) electrons. The molecule has 0 fully saturated rings. The Hall–Kier alpha value is -1.83. The first kappa shape index (κ1) is 13.2. The third kappa shape index (κ3) is 3.31. The van der Waals surface area contributed by atoms with Gasteiger partial charge >= 0.3 is 12.3 Å². The van der Waals surface area contributed by atoms with Crippen LogP contribution in [-0.4, -0.2) is 22.4 Å². The molecule has 0 amide bonds. The molecule has 0 saturated carbocycles. The van der Waals surface area contributed by atoms with Crippen molar-refractivity contribution in [3.63, 3.8) is 0 Å². The van der Waals surface area contributed by atoms with Gasteiger partial charge in [0, 0.05) is 12.1 Å². The highest BCUT2D eigenvalue weighted by atomic mass is 19.4. The van der Waals surface area contributed by atoms with Crippen molar-refractivity contribution in [1.29, 1.82) is 0 Å². The Balaban J connectivity index is 3.23. The second-order valence-electron chi connectivity index (χ2n) is 3.14. The van der Waals surface area contributed by atoms with Crippen molar-refractivity contribution in [3.05, 3.63) is 23.0 Å². The topological polar surface area (TPSA) is 85.4 Å². The van der Waals surface area contributed by atoms with Crippen LogP contribution in [0.4, 0.5) is 13.2 Å². The van der Waals surface area contributed by atoms with Gasteiger partial charge in [0.2, 0.25) is 0 Å². The molecular weight excluding hydrogens is 241 g/mol. The summed E-state index contributed by atoms with van der Waals surface area (Å²) in [6.07, 6.45) is -4.86. The molecule has 0 spiro atoms. The van der Waals surface area contributed by atoms with Gasteiger partial charge in [0.15, 0.2) is 11.4 Å². The van der Waals surface area contributed by atoms with E-state index in [1.807, 2.05) is 0 Å². The van der Waals surface area contributed by atoms with E-state index in [4.69, 9.17) is 10.8 Å². The number of pyridine rings is 1. The molecule has 0 aliphatic heterocycles. The molecule has 1 aromatic rings. The molecule has 0 aromatic carbocycles. The lowest BCUT2D eigenvalue weighted by Crippen LogP contribution is -2.19. The Labute approximate surface area is 94.0 Å². The van der Waals surface area contributed by atoms with E-state index in [9.17, 15) is 18.0 Å². The summed E-state index contributed by atoms with van der Waals surface area (Å²) in [5.74, 6) is -1.91. The van der Waals surface area contributed by atoms with Crippen LogP contribution in [-0.2, 0) is 6.54 Å². The van der Waals surface area contributed by atoms with Gasteiger partial charge in [-0.2, -0.15) is 0 Å². The molecule has 0 aliphatic rings. The van der Waals surface area contributed by atoms with E-state index in [1.165, 1.54) is 6.92 Å². The van der Waals surface area contributed by atoms with Crippen LogP contribution in [0.5, 0.6) is 5.75 Å². The summed E-state index contributed by atoms with van der Waals surface area (Å²) in [6, 6.07) is 0.930. The normalized spacial score (nSPS) is 11.4. The minimum Gasteiger partial charge on any atom is -0.477 e. The van der Waals surface area contributed by atoms with Gasteiger partial charge in [-0.05, 0) is 13.0 Å². The van der Waals surface area contributed by atoms with E-state index in [2.05, 4.69) is 9.72 Å². The van der Waals surface area contributed by atoms with Crippen LogP contribution in [0.1, 0.15) is 21.7 Å². The minimum absolute atomic E-state index is 0.0256. The number of nitrogens with two attached hydrogens (primary N) is 1. The standard InChI is InChI=1S/C9H9F3N2O3/c1-4-6(17-9(10,11)12)2-5(3-13)7(14-4)8(15)16/h2H,3,13H2,1H3,(H,15,16). The van der Waals surface area contributed by atoms with Gasteiger partial charge in [-0.3, -0.25) is 0 Å². The lowest BCUT2D eigenvalue weighted by atomic mass is 10.1. The number of carboxylic acids is 1. The van der Waals surface area contributed by atoms with Crippen LogP contribution in [0.2, 0.25) is 0 Å². The summed E-state index contributed by atoms with van der Waals surface area (Å²) in [7, 11) is 0. The van der Waals surface area contributed by atoms with Crippen molar-refractivity contribution >= 4 is 5.97 Å². The lowest BCUT2D eigenvalue weighted by molar-refractivity contribution is -0.275. The van der Waals surface area contributed by atoms with Gasteiger partial charge in [-0.1, -0.05) is 0 Å².